The summed E-state index contributed by atoms with van der Waals surface area (Å²) in [5, 5.41) is 4.06. The molecule has 0 bridgehead atoms. The van der Waals surface area contributed by atoms with Crippen LogP contribution in [0.4, 0.5) is 5.69 Å². The maximum absolute atomic E-state index is 5.95. The number of halogens is 1. The Morgan fingerprint density at radius 2 is 2.31 bits per heavy atom. The zero-order valence-electron chi connectivity index (χ0n) is 7.60. The molecule has 70 valence electrons. The smallest absolute Gasteiger partial charge is 0.0638 e. The fourth-order valence-corrected chi connectivity index (χ4v) is 1.99. The van der Waals surface area contributed by atoms with Gasteiger partial charge in [-0.15, -0.1) is 0 Å². The predicted octanol–water partition coefficient (Wildman–Crippen LogP) is 2.13. The van der Waals surface area contributed by atoms with E-state index in [4.69, 9.17) is 17.3 Å². The highest BCUT2D eigenvalue weighted by Gasteiger charge is 2.16. The Bertz CT molecular complexity index is 336. The Labute approximate surface area is 83.1 Å². The second-order valence-electron chi connectivity index (χ2n) is 3.50. The Hall–Kier alpha value is -0.730. The molecule has 2 nitrogen and oxygen atoms in total. The summed E-state index contributed by atoms with van der Waals surface area (Å²) in [5.41, 5.74) is 9.03. The molecule has 1 aliphatic rings. The fourth-order valence-electron chi connectivity index (χ4n) is 1.80. The van der Waals surface area contributed by atoms with Gasteiger partial charge in [0.1, 0.15) is 0 Å². The minimum Gasteiger partial charge on any atom is -0.398 e. The van der Waals surface area contributed by atoms with Crippen LogP contribution in [0.1, 0.15) is 24.1 Å². The third-order valence-corrected chi connectivity index (χ3v) is 2.90. The van der Waals surface area contributed by atoms with Crippen LogP contribution in [0.5, 0.6) is 0 Å². The van der Waals surface area contributed by atoms with Crippen molar-refractivity contribution in [3.8, 4) is 0 Å². The quantitative estimate of drug-likeness (QED) is 0.624. The molecule has 1 heterocycles. The van der Waals surface area contributed by atoms with Gasteiger partial charge in [-0.25, -0.2) is 0 Å². The van der Waals surface area contributed by atoms with Crippen molar-refractivity contribution in [1.29, 1.82) is 0 Å². The van der Waals surface area contributed by atoms with Gasteiger partial charge >= 0.3 is 0 Å². The zero-order valence-corrected chi connectivity index (χ0v) is 8.36. The second kappa shape index (κ2) is 3.20. The SMILES string of the molecule is CC1NCCc2cc(Cl)c(N)cc21. The molecule has 1 atom stereocenters. The molecule has 0 amide bonds. The summed E-state index contributed by atoms with van der Waals surface area (Å²) in [6, 6.07) is 4.36. The van der Waals surface area contributed by atoms with Crippen LogP contribution in [-0.2, 0) is 6.42 Å². The zero-order chi connectivity index (χ0) is 9.42. The molecular weight excluding hydrogens is 184 g/mol. The summed E-state index contributed by atoms with van der Waals surface area (Å²) in [6.45, 7) is 3.17. The van der Waals surface area contributed by atoms with E-state index >= 15 is 0 Å². The van der Waals surface area contributed by atoms with Crippen LogP contribution in [0.25, 0.3) is 0 Å². The molecule has 0 aromatic heterocycles. The molecule has 1 aliphatic heterocycles. The molecule has 2 rings (SSSR count). The third kappa shape index (κ3) is 1.52. The van der Waals surface area contributed by atoms with Crippen LogP contribution in [0.15, 0.2) is 12.1 Å². The number of benzene rings is 1. The van der Waals surface area contributed by atoms with E-state index in [0.717, 1.165) is 13.0 Å². The Kier molecular flexibility index (Phi) is 2.18. The number of hydrogen-bond acceptors (Lipinski definition) is 2. The molecule has 13 heavy (non-hydrogen) atoms. The lowest BCUT2D eigenvalue weighted by Crippen LogP contribution is -2.27. The van der Waals surface area contributed by atoms with Crippen molar-refractivity contribution < 1.29 is 0 Å². The van der Waals surface area contributed by atoms with Crippen LogP contribution in [0.2, 0.25) is 5.02 Å². The van der Waals surface area contributed by atoms with Crippen molar-refractivity contribution in [3.63, 3.8) is 0 Å². The largest absolute Gasteiger partial charge is 0.398 e. The Morgan fingerprint density at radius 1 is 1.54 bits per heavy atom. The van der Waals surface area contributed by atoms with Crippen molar-refractivity contribution in [2.24, 2.45) is 0 Å². The van der Waals surface area contributed by atoms with Gasteiger partial charge in [0.15, 0.2) is 0 Å². The van der Waals surface area contributed by atoms with Gasteiger partial charge in [0.25, 0.3) is 0 Å². The number of nitrogens with one attached hydrogen (secondary N) is 1. The first-order valence-electron chi connectivity index (χ1n) is 4.49. The van der Waals surface area contributed by atoms with Gasteiger partial charge in [0.05, 0.1) is 10.7 Å². The Morgan fingerprint density at radius 3 is 3.08 bits per heavy atom. The van der Waals surface area contributed by atoms with E-state index in [-0.39, 0.29) is 0 Å². The number of nitrogens with two attached hydrogens (primary N) is 1. The van der Waals surface area contributed by atoms with E-state index in [1.54, 1.807) is 0 Å². The second-order valence-corrected chi connectivity index (χ2v) is 3.91. The molecule has 3 heteroatoms. The summed E-state index contributed by atoms with van der Waals surface area (Å²) in [7, 11) is 0. The number of nitrogen functional groups attached to an aromatic ring is 1. The van der Waals surface area contributed by atoms with Gasteiger partial charge in [0, 0.05) is 6.04 Å². The van der Waals surface area contributed by atoms with Gasteiger partial charge < -0.3 is 11.1 Å². The first-order chi connectivity index (χ1) is 6.18. The normalized spacial score (nSPS) is 21.2. The highest BCUT2D eigenvalue weighted by Crippen LogP contribution is 2.29. The maximum Gasteiger partial charge on any atom is 0.0638 e. The molecule has 3 N–H and O–H groups in total. The minimum absolute atomic E-state index is 0.392. The first kappa shape index (κ1) is 8.85. The Balaban J connectivity index is 2.52. The van der Waals surface area contributed by atoms with Crippen molar-refractivity contribution in [2.45, 2.75) is 19.4 Å². The van der Waals surface area contributed by atoms with Gasteiger partial charge in [-0.05, 0) is 43.1 Å². The van der Waals surface area contributed by atoms with Gasteiger partial charge in [-0.3, -0.25) is 0 Å². The van der Waals surface area contributed by atoms with Crippen molar-refractivity contribution in [1.82, 2.24) is 5.32 Å². The van der Waals surface area contributed by atoms with Crippen molar-refractivity contribution in [2.75, 3.05) is 12.3 Å². The van der Waals surface area contributed by atoms with E-state index in [0.29, 0.717) is 16.8 Å². The summed E-state index contributed by atoms with van der Waals surface area (Å²) in [6.07, 6.45) is 1.04. The molecule has 1 unspecified atom stereocenters. The van der Waals surface area contributed by atoms with E-state index in [1.165, 1.54) is 11.1 Å². The average molecular weight is 197 g/mol. The monoisotopic (exact) mass is 196 g/mol. The van der Waals surface area contributed by atoms with Crippen LogP contribution >= 0.6 is 11.6 Å². The van der Waals surface area contributed by atoms with Crippen LogP contribution in [0.3, 0.4) is 0 Å². The van der Waals surface area contributed by atoms with Crippen molar-refractivity contribution in [3.05, 3.63) is 28.3 Å². The number of fused-ring (bicyclic) bond motifs is 1. The molecule has 0 aliphatic carbocycles. The lowest BCUT2D eigenvalue weighted by Gasteiger charge is -2.24. The summed E-state index contributed by atoms with van der Waals surface area (Å²) in [5.74, 6) is 0. The first-order valence-corrected chi connectivity index (χ1v) is 4.87. The molecule has 0 radical (unpaired) electrons. The molecule has 1 aromatic carbocycles. The molecule has 0 saturated carbocycles. The third-order valence-electron chi connectivity index (χ3n) is 2.57. The van der Waals surface area contributed by atoms with Crippen LogP contribution < -0.4 is 11.1 Å². The van der Waals surface area contributed by atoms with E-state index in [1.807, 2.05) is 12.1 Å². The lowest BCUT2D eigenvalue weighted by atomic mass is 9.95. The maximum atomic E-state index is 5.95. The summed E-state index contributed by atoms with van der Waals surface area (Å²) >= 11 is 5.95. The van der Waals surface area contributed by atoms with Crippen LogP contribution in [-0.4, -0.2) is 6.54 Å². The van der Waals surface area contributed by atoms with E-state index in [9.17, 15) is 0 Å². The lowest BCUT2D eigenvalue weighted by molar-refractivity contribution is 0.541. The predicted molar refractivity (Wildman–Crippen MR) is 56.0 cm³/mol. The van der Waals surface area contributed by atoms with Gasteiger partial charge in [-0.2, -0.15) is 0 Å². The number of rotatable bonds is 0. The summed E-state index contributed by atoms with van der Waals surface area (Å²) < 4.78 is 0. The standard InChI is InChI=1S/C10H13ClN2/c1-6-8-5-10(12)9(11)4-7(8)2-3-13-6/h4-6,13H,2-3,12H2,1H3. The molecule has 0 fully saturated rings. The highest BCUT2D eigenvalue weighted by atomic mass is 35.5. The van der Waals surface area contributed by atoms with Gasteiger partial charge in [-0.1, -0.05) is 11.6 Å². The topological polar surface area (TPSA) is 38.0 Å². The number of hydrogen-bond donors (Lipinski definition) is 2. The molecule has 0 spiro atoms. The number of anilines is 1. The fraction of sp³-hybridized carbons (Fsp3) is 0.400. The van der Waals surface area contributed by atoms with Gasteiger partial charge in [0.2, 0.25) is 0 Å². The van der Waals surface area contributed by atoms with E-state index in [2.05, 4.69) is 12.2 Å². The van der Waals surface area contributed by atoms with Crippen molar-refractivity contribution >= 4 is 17.3 Å². The average Bonchev–Trinajstić information content (AvgIpc) is 2.09. The highest BCUT2D eigenvalue weighted by molar-refractivity contribution is 6.33. The van der Waals surface area contributed by atoms with E-state index < -0.39 is 0 Å². The summed E-state index contributed by atoms with van der Waals surface area (Å²) in [4.78, 5) is 0. The molecule has 1 aromatic rings. The molecular formula is C10H13ClN2. The molecule has 0 saturated heterocycles. The van der Waals surface area contributed by atoms with Crippen LogP contribution in [0, 0.1) is 0 Å². The minimum atomic E-state index is 0.392.